The molecular weight excluding hydrogens is 332 g/mol. The van der Waals surface area contributed by atoms with E-state index < -0.39 is 12.3 Å². The van der Waals surface area contributed by atoms with E-state index in [0.717, 1.165) is 11.1 Å². The van der Waals surface area contributed by atoms with Gasteiger partial charge in [-0.25, -0.2) is 4.79 Å². The number of H-pyrrole nitrogens is 1. The second-order valence-electron chi connectivity index (χ2n) is 5.06. The molecule has 0 fully saturated rings. The molecule has 126 valence electrons. The summed E-state index contributed by atoms with van der Waals surface area (Å²) in [6.45, 7) is 2.56. The van der Waals surface area contributed by atoms with Crippen LogP contribution in [0.4, 0.5) is 5.69 Å². The van der Waals surface area contributed by atoms with Gasteiger partial charge in [0, 0.05) is 23.3 Å². The second-order valence-corrected chi connectivity index (χ2v) is 5.50. The molecule has 0 radical (unpaired) electrons. The van der Waals surface area contributed by atoms with Crippen LogP contribution in [0, 0.1) is 0 Å². The maximum absolute atomic E-state index is 11.9. The molecule has 2 N–H and O–H groups in total. The highest BCUT2D eigenvalue weighted by Gasteiger charge is 2.20. The summed E-state index contributed by atoms with van der Waals surface area (Å²) in [5.41, 5.74) is 2.83. The maximum atomic E-state index is 11.9. The number of anilines is 1. The molecule has 0 bridgehead atoms. The maximum Gasteiger partial charge on any atom is 0.356 e. The Kier molecular flexibility index (Phi) is 4.96. The number of hydrogen-bond acceptors (Lipinski definition) is 5. The number of benzene rings is 1. The van der Waals surface area contributed by atoms with E-state index in [9.17, 15) is 4.79 Å². The van der Waals surface area contributed by atoms with Crippen molar-refractivity contribution in [3.05, 3.63) is 64.8 Å². The molecule has 0 unspecified atom stereocenters. The van der Waals surface area contributed by atoms with E-state index in [0.29, 0.717) is 29.6 Å². The van der Waals surface area contributed by atoms with Crippen LogP contribution in [0.25, 0.3) is 0 Å². The van der Waals surface area contributed by atoms with Crippen molar-refractivity contribution < 1.29 is 19.0 Å². The highest BCUT2D eigenvalue weighted by atomic mass is 35.5. The van der Waals surface area contributed by atoms with Gasteiger partial charge in [-0.1, -0.05) is 17.7 Å². The highest BCUT2D eigenvalue weighted by Crippen LogP contribution is 2.30. The summed E-state index contributed by atoms with van der Waals surface area (Å²) in [6, 6.07) is 7.28. The van der Waals surface area contributed by atoms with Crippen LogP contribution in [-0.2, 0) is 20.8 Å². The van der Waals surface area contributed by atoms with Gasteiger partial charge >= 0.3 is 5.97 Å². The van der Waals surface area contributed by atoms with E-state index in [1.165, 1.54) is 12.5 Å². The standard InChI is InChI=1S/C17H17ClN2O4/c1-2-22-16(21)15-14(5-6-19-15)20-10-11-3-4-12(18)9-13(11)17-23-7-8-24-17/h3-9,17,19-20H,2,10H2,1H3. The van der Waals surface area contributed by atoms with Crippen molar-refractivity contribution in [1.82, 2.24) is 4.98 Å². The lowest BCUT2D eigenvalue weighted by atomic mass is 10.1. The average Bonchev–Trinajstić information content (AvgIpc) is 3.25. The van der Waals surface area contributed by atoms with Crippen LogP contribution < -0.4 is 5.32 Å². The van der Waals surface area contributed by atoms with E-state index in [4.69, 9.17) is 25.8 Å². The van der Waals surface area contributed by atoms with E-state index in [1.807, 2.05) is 6.07 Å². The van der Waals surface area contributed by atoms with Gasteiger partial charge in [-0.05, 0) is 30.7 Å². The second kappa shape index (κ2) is 7.31. The Morgan fingerprint density at radius 1 is 1.33 bits per heavy atom. The molecule has 3 rings (SSSR count). The lowest BCUT2D eigenvalue weighted by molar-refractivity contribution is -0.0251. The van der Waals surface area contributed by atoms with E-state index >= 15 is 0 Å². The van der Waals surface area contributed by atoms with E-state index in [1.54, 1.807) is 31.3 Å². The highest BCUT2D eigenvalue weighted by molar-refractivity contribution is 6.30. The first kappa shape index (κ1) is 16.3. The number of rotatable bonds is 6. The Hall–Kier alpha value is -2.60. The molecule has 0 saturated carbocycles. The molecule has 0 atom stereocenters. The van der Waals surface area contributed by atoms with Gasteiger partial charge in [-0.3, -0.25) is 0 Å². The van der Waals surface area contributed by atoms with Crippen LogP contribution in [0.2, 0.25) is 5.02 Å². The Labute approximate surface area is 144 Å². The molecule has 0 saturated heterocycles. The Morgan fingerprint density at radius 2 is 2.12 bits per heavy atom. The van der Waals surface area contributed by atoms with Crippen molar-refractivity contribution in [2.45, 2.75) is 19.8 Å². The normalized spacial score (nSPS) is 13.4. The number of hydrogen-bond donors (Lipinski definition) is 2. The van der Waals surface area contributed by atoms with Gasteiger partial charge in [0.1, 0.15) is 18.2 Å². The minimum atomic E-state index is -0.517. The number of carbonyl (C=O) groups excluding carboxylic acids is 1. The summed E-state index contributed by atoms with van der Waals surface area (Å²) in [5, 5.41) is 3.82. The number of aromatic amines is 1. The zero-order valence-corrected chi connectivity index (χ0v) is 13.8. The van der Waals surface area contributed by atoms with Crippen molar-refractivity contribution in [2.24, 2.45) is 0 Å². The summed E-state index contributed by atoms with van der Waals surface area (Å²) >= 11 is 6.08. The Balaban J connectivity index is 1.76. The third-order valence-electron chi connectivity index (χ3n) is 3.52. The first-order chi connectivity index (χ1) is 11.7. The van der Waals surface area contributed by atoms with Crippen molar-refractivity contribution in [3.8, 4) is 0 Å². The fourth-order valence-electron chi connectivity index (χ4n) is 2.41. The van der Waals surface area contributed by atoms with E-state index in [2.05, 4.69) is 10.3 Å². The topological polar surface area (TPSA) is 72.6 Å². The molecule has 1 aromatic carbocycles. The number of halogens is 1. The van der Waals surface area contributed by atoms with Gasteiger partial charge in [0.15, 0.2) is 0 Å². The molecule has 7 heteroatoms. The lowest BCUT2D eigenvalue weighted by Crippen LogP contribution is -2.11. The monoisotopic (exact) mass is 348 g/mol. The molecule has 2 heterocycles. The summed E-state index contributed by atoms with van der Waals surface area (Å²) in [5.74, 6) is -0.395. The third-order valence-corrected chi connectivity index (χ3v) is 3.75. The fourth-order valence-corrected chi connectivity index (χ4v) is 2.59. The molecule has 1 aliphatic heterocycles. The SMILES string of the molecule is CCOC(=O)c1[nH]ccc1NCc1ccc(Cl)cc1C1OC=CO1. The zero-order valence-electron chi connectivity index (χ0n) is 13.0. The lowest BCUT2D eigenvalue weighted by Gasteiger charge is -2.16. The number of carbonyl (C=O) groups is 1. The predicted octanol–water partition coefficient (Wildman–Crippen LogP) is 3.97. The molecule has 0 aliphatic carbocycles. The molecule has 1 aliphatic rings. The van der Waals surface area contributed by atoms with Crippen LogP contribution in [0.3, 0.4) is 0 Å². The first-order valence-corrected chi connectivity index (χ1v) is 7.89. The van der Waals surface area contributed by atoms with Gasteiger partial charge in [-0.2, -0.15) is 0 Å². The zero-order chi connectivity index (χ0) is 16.9. The van der Waals surface area contributed by atoms with Crippen molar-refractivity contribution >= 4 is 23.3 Å². The fraction of sp³-hybridized carbons (Fsp3) is 0.235. The number of aromatic nitrogens is 1. The van der Waals surface area contributed by atoms with Crippen LogP contribution in [-0.4, -0.2) is 17.6 Å². The van der Waals surface area contributed by atoms with E-state index in [-0.39, 0.29) is 0 Å². The molecule has 0 spiro atoms. The van der Waals surface area contributed by atoms with Crippen LogP contribution in [0.5, 0.6) is 0 Å². The molecule has 2 aromatic rings. The van der Waals surface area contributed by atoms with Gasteiger partial charge in [0.05, 0.1) is 12.3 Å². The summed E-state index contributed by atoms with van der Waals surface area (Å²) in [6.07, 6.45) is 4.16. The molecule has 1 aromatic heterocycles. The minimum Gasteiger partial charge on any atom is -0.461 e. The summed E-state index contributed by atoms with van der Waals surface area (Å²) in [4.78, 5) is 14.8. The molecular formula is C17H17ClN2O4. The van der Waals surface area contributed by atoms with Gasteiger partial charge < -0.3 is 24.5 Å². The first-order valence-electron chi connectivity index (χ1n) is 7.51. The van der Waals surface area contributed by atoms with Gasteiger partial charge in [0.25, 0.3) is 6.29 Å². The van der Waals surface area contributed by atoms with Crippen LogP contribution in [0.15, 0.2) is 43.0 Å². The summed E-state index contributed by atoms with van der Waals surface area (Å²) in [7, 11) is 0. The van der Waals surface area contributed by atoms with Crippen molar-refractivity contribution in [1.29, 1.82) is 0 Å². The Bertz CT molecular complexity index is 749. The van der Waals surface area contributed by atoms with Crippen LogP contribution >= 0.6 is 11.6 Å². The molecule has 0 amide bonds. The number of nitrogens with one attached hydrogen (secondary N) is 2. The minimum absolute atomic E-state index is 0.321. The van der Waals surface area contributed by atoms with Gasteiger partial charge in [-0.15, -0.1) is 0 Å². The van der Waals surface area contributed by atoms with Gasteiger partial charge in [0.2, 0.25) is 0 Å². The number of ether oxygens (including phenoxy) is 3. The predicted molar refractivity (Wildman–Crippen MR) is 89.6 cm³/mol. The third kappa shape index (κ3) is 3.49. The average molecular weight is 349 g/mol. The van der Waals surface area contributed by atoms with Crippen molar-refractivity contribution in [2.75, 3.05) is 11.9 Å². The quantitative estimate of drug-likeness (QED) is 0.773. The summed E-state index contributed by atoms with van der Waals surface area (Å²) < 4.78 is 15.8. The molecule has 6 nitrogen and oxygen atoms in total. The van der Waals surface area contributed by atoms with Crippen molar-refractivity contribution in [3.63, 3.8) is 0 Å². The Morgan fingerprint density at radius 3 is 2.88 bits per heavy atom. The smallest absolute Gasteiger partial charge is 0.356 e. The van der Waals surface area contributed by atoms with Crippen LogP contribution in [0.1, 0.15) is 34.8 Å². The molecule has 24 heavy (non-hydrogen) atoms. The largest absolute Gasteiger partial charge is 0.461 e. The number of esters is 1.